The Hall–Kier alpha value is -1.29. The predicted octanol–water partition coefficient (Wildman–Crippen LogP) is 2.09. The van der Waals surface area contributed by atoms with Gasteiger partial charge in [-0.25, -0.2) is 9.97 Å². The van der Waals surface area contributed by atoms with E-state index in [4.69, 9.17) is 4.74 Å². The molecule has 0 aliphatic heterocycles. The van der Waals surface area contributed by atoms with Crippen molar-refractivity contribution in [2.75, 3.05) is 6.61 Å². The molecule has 4 nitrogen and oxygen atoms in total. The molecule has 15 heavy (non-hydrogen) atoms. The number of rotatable bonds is 5. The minimum absolute atomic E-state index is 0.117. The van der Waals surface area contributed by atoms with Gasteiger partial charge >= 0.3 is 0 Å². The summed E-state index contributed by atoms with van der Waals surface area (Å²) in [5.74, 6) is 0.599. The molecule has 0 spiro atoms. The number of aryl methyl sites for hydroxylation is 1. The van der Waals surface area contributed by atoms with Crippen molar-refractivity contribution in [3.63, 3.8) is 0 Å². The van der Waals surface area contributed by atoms with Gasteiger partial charge in [0.25, 0.3) is 0 Å². The molecule has 1 atom stereocenters. The summed E-state index contributed by atoms with van der Waals surface area (Å²) in [4.78, 5) is 19.1. The molecule has 1 heterocycles. The minimum atomic E-state index is -0.117. The zero-order chi connectivity index (χ0) is 11.3. The Morgan fingerprint density at radius 2 is 2.20 bits per heavy atom. The molecular weight excluding hydrogens is 192 g/mol. The molecule has 0 aliphatic carbocycles. The van der Waals surface area contributed by atoms with Gasteiger partial charge in [0.15, 0.2) is 12.1 Å². The van der Waals surface area contributed by atoms with E-state index in [0.29, 0.717) is 18.1 Å². The lowest BCUT2D eigenvalue weighted by atomic mass is 10.2. The Balaban J connectivity index is 3.00. The van der Waals surface area contributed by atoms with E-state index in [2.05, 4.69) is 9.97 Å². The lowest BCUT2D eigenvalue weighted by Crippen LogP contribution is -2.10. The number of hydrogen-bond acceptors (Lipinski definition) is 4. The summed E-state index contributed by atoms with van der Waals surface area (Å²) in [7, 11) is 0. The smallest absolute Gasteiger partial charge is 0.168 e. The summed E-state index contributed by atoms with van der Waals surface area (Å²) in [5, 5.41) is 0. The molecule has 0 fully saturated rings. The third kappa shape index (κ3) is 3.09. The lowest BCUT2D eigenvalue weighted by Gasteiger charge is -2.13. The molecule has 0 amide bonds. The normalized spacial score (nSPS) is 12.5. The van der Waals surface area contributed by atoms with Crippen LogP contribution in [-0.2, 0) is 4.74 Å². The van der Waals surface area contributed by atoms with Crippen LogP contribution in [0.5, 0.6) is 0 Å². The van der Waals surface area contributed by atoms with Crippen molar-refractivity contribution in [3.05, 3.63) is 23.3 Å². The number of hydrogen-bond donors (Lipinski definition) is 0. The largest absolute Gasteiger partial charge is 0.371 e. The maximum Gasteiger partial charge on any atom is 0.168 e. The van der Waals surface area contributed by atoms with Gasteiger partial charge in [-0.05, 0) is 26.3 Å². The van der Waals surface area contributed by atoms with Crippen LogP contribution in [0.25, 0.3) is 0 Å². The van der Waals surface area contributed by atoms with Crippen LogP contribution in [0, 0.1) is 6.92 Å². The van der Waals surface area contributed by atoms with E-state index in [-0.39, 0.29) is 6.10 Å². The van der Waals surface area contributed by atoms with E-state index in [9.17, 15) is 4.79 Å². The van der Waals surface area contributed by atoms with Crippen molar-refractivity contribution in [2.24, 2.45) is 0 Å². The first-order chi connectivity index (χ1) is 7.21. The highest BCUT2D eigenvalue weighted by Crippen LogP contribution is 2.17. The van der Waals surface area contributed by atoms with Gasteiger partial charge < -0.3 is 4.74 Å². The van der Waals surface area contributed by atoms with E-state index in [1.165, 1.54) is 0 Å². The van der Waals surface area contributed by atoms with Crippen LogP contribution >= 0.6 is 0 Å². The molecule has 0 N–H and O–H groups in total. The van der Waals surface area contributed by atoms with Gasteiger partial charge in [0, 0.05) is 12.3 Å². The average Bonchev–Trinajstić information content (AvgIpc) is 2.24. The second-order valence-electron chi connectivity index (χ2n) is 3.26. The SMILES string of the molecule is CCOC(CC)c1nc(C)cc(C=O)n1. The van der Waals surface area contributed by atoms with E-state index in [1.54, 1.807) is 6.07 Å². The minimum Gasteiger partial charge on any atom is -0.371 e. The van der Waals surface area contributed by atoms with Crippen molar-refractivity contribution in [2.45, 2.75) is 33.3 Å². The number of aldehydes is 1. The fourth-order valence-corrected chi connectivity index (χ4v) is 1.40. The monoisotopic (exact) mass is 208 g/mol. The van der Waals surface area contributed by atoms with E-state index in [1.807, 2.05) is 20.8 Å². The van der Waals surface area contributed by atoms with Gasteiger partial charge in [-0.1, -0.05) is 6.92 Å². The van der Waals surface area contributed by atoms with Crippen molar-refractivity contribution >= 4 is 6.29 Å². The van der Waals surface area contributed by atoms with E-state index < -0.39 is 0 Å². The van der Waals surface area contributed by atoms with Crippen LogP contribution in [0.2, 0.25) is 0 Å². The second-order valence-corrected chi connectivity index (χ2v) is 3.26. The highest BCUT2D eigenvalue weighted by molar-refractivity contribution is 5.71. The van der Waals surface area contributed by atoms with Crippen molar-refractivity contribution in [1.82, 2.24) is 9.97 Å². The second kappa shape index (κ2) is 5.56. The molecule has 0 bridgehead atoms. The van der Waals surface area contributed by atoms with Crippen LogP contribution in [0.3, 0.4) is 0 Å². The average molecular weight is 208 g/mol. The summed E-state index contributed by atoms with van der Waals surface area (Å²) in [6, 6.07) is 1.66. The first-order valence-electron chi connectivity index (χ1n) is 5.13. The van der Waals surface area contributed by atoms with Gasteiger partial charge in [-0.15, -0.1) is 0 Å². The lowest BCUT2D eigenvalue weighted by molar-refractivity contribution is 0.0532. The van der Waals surface area contributed by atoms with Crippen LogP contribution < -0.4 is 0 Å². The zero-order valence-electron chi connectivity index (χ0n) is 9.36. The van der Waals surface area contributed by atoms with Crippen molar-refractivity contribution < 1.29 is 9.53 Å². The molecule has 4 heteroatoms. The fourth-order valence-electron chi connectivity index (χ4n) is 1.40. The summed E-state index contributed by atoms with van der Waals surface area (Å²) in [6.45, 7) is 6.40. The first-order valence-corrected chi connectivity index (χ1v) is 5.13. The standard InChI is InChI=1S/C11H16N2O2/c1-4-10(15-5-2)11-12-8(3)6-9(7-14)13-11/h6-7,10H,4-5H2,1-3H3. The van der Waals surface area contributed by atoms with Gasteiger partial charge in [-0.2, -0.15) is 0 Å². The summed E-state index contributed by atoms with van der Waals surface area (Å²) >= 11 is 0. The van der Waals surface area contributed by atoms with Gasteiger partial charge in [0.1, 0.15) is 11.8 Å². The fraction of sp³-hybridized carbons (Fsp3) is 0.545. The third-order valence-corrected chi connectivity index (χ3v) is 2.04. The van der Waals surface area contributed by atoms with Crippen LogP contribution in [0.15, 0.2) is 6.07 Å². The molecule has 82 valence electrons. The van der Waals surface area contributed by atoms with Gasteiger partial charge in [0.2, 0.25) is 0 Å². The third-order valence-electron chi connectivity index (χ3n) is 2.04. The maximum absolute atomic E-state index is 10.6. The van der Waals surface area contributed by atoms with E-state index >= 15 is 0 Å². The summed E-state index contributed by atoms with van der Waals surface area (Å²) < 4.78 is 5.49. The highest BCUT2D eigenvalue weighted by Gasteiger charge is 2.13. The Bertz CT molecular complexity index is 339. The topological polar surface area (TPSA) is 52.1 Å². The highest BCUT2D eigenvalue weighted by atomic mass is 16.5. The zero-order valence-corrected chi connectivity index (χ0v) is 9.36. The molecule has 1 aromatic heterocycles. The molecule has 1 rings (SSSR count). The Morgan fingerprint density at radius 3 is 2.73 bits per heavy atom. The summed E-state index contributed by atoms with van der Waals surface area (Å²) in [6.07, 6.45) is 1.42. The maximum atomic E-state index is 10.6. The Labute approximate surface area is 89.7 Å². The van der Waals surface area contributed by atoms with Crippen LogP contribution in [0.1, 0.15) is 48.4 Å². The number of aromatic nitrogens is 2. The first kappa shape index (κ1) is 11.8. The Kier molecular flexibility index (Phi) is 4.37. The molecular formula is C11H16N2O2. The number of carbonyl (C=O) groups excluding carboxylic acids is 1. The van der Waals surface area contributed by atoms with Crippen LogP contribution in [-0.4, -0.2) is 22.9 Å². The van der Waals surface area contributed by atoms with Crippen molar-refractivity contribution in [3.8, 4) is 0 Å². The molecule has 0 saturated heterocycles. The predicted molar refractivity (Wildman–Crippen MR) is 56.8 cm³/mol. The van der Waals surface area contributed by atoms with E-state index in [0.717, 1.165) is 18.4 Å². The van der Waals surface area contributed by atoms with Gasteiger partial charge in [0.05, 0.1) is 0 Å². The molecule has 0 radical (unpaired) electrons. The molecule has 1 unspecified atom stereocenters. The quantitative estimate of drug-likeness (QED) is 0.695. The number of nitrogens with zero attached hydrogens (tertiary/aromatic N) is 2. The summed E-state index contributed by atoms with van der Waals surface area (Å²) in [5.41, 5.74) is 1.20. The van der Waals surface area contributed by atoms with Crippen molar-refractivity contribution in [1.29, 1.82) is 0 Å². The number of ether oxygens (including phenoxy) is 1. The van der Waals surface area contributed by atoms with Gasteiger partial charge in [-0.3, -0.25) is 4.79 Å². The number of carbonyl (C=O) groups is 1. The molecule has 0 saturated carbocycles. The van der Waals surface area contributed by atoms with Crippen LogP contribution in [0.4, 0.5) is 0 Å². The Morgan fingerprint density at radius 1 is 1.47 bits per heavy atom. The molecule has 0 aliphatic rings. The molecule has 1 aromatic rings. The molecule has 0 aromatic carbocycles.